The van der Waals surface area contributed by atoms with Gasteiger partial charge < -0.3 is 14.6 Å². The van der Waals surface area contributed by atoms with Crippen molar-refractivity contribution in [2.45, 2.75) is 26.3 Å². The molecule has 0 bridgehead atoms. The Labute approximate surface area is 127 Å². The average molecular weight is 302 g/mol. The van der Waals surface area contributed by atoms with Crippen molar-refractivity contribution < 1.29 is 24.2 Å². The Kier molecular flexibility index (Phi) is 4.70. The molecule has 1 aliphatic rings. The van der Waals surface area contributed by atoms with Gasteiger partial charge in [0.2, 0.25) is 0 Å². The number of carbonyl (C=O) groups excluding carboxylic acids is 3. The molecule has 0 fully saturated rings. The van der Waals surface area contributed by atoms with Crippen molar-refractivity contribution in [2.75, 3.05) is 0 Å². The first-order valence-corrected chi connectivity index (χ1v) is 6.99. The van der Waals surface area contributed by atoms with Crippen molar-refractivity contribution in [3.63, 3.8) is 0 Å². The minimum absolute atomic E-state index is 0.0924. The number of Topliss-reactive ketones (excluding diaryl/α,β-unsaturated/α-hetero) is 1. The SMILES string of the molecule is CC(C)C[C@@H](N=CC1C(=O)Oc2ccccc2C1=O)C(=O)[O-]. The molecular formula is C16H16NO5-. The van der Waals surface area contributed by atoms with Crippen LogP contribution in [0.2, 0.25) is 0 Å². The first kappa shape index (κ1) is 15.9. The Balaban J connectivity index is 2.22. The van der Waals surface area contributed by atoms with Crippen LogP contribution in [0.15, 0.2) is 29.3 Å². The van der Waals surface area contributed by atoms with Gasteiger partial charge >= 0.3 is 5.97 Å². The van der Waals surface area contributed by atoms with Crippen LogP contribution in [-0.2, 0) is 9.59 Å². The largest absolute Gasteiger partial charge is 0.548 e. The fraction of sp³-hybridized carbons (Fsp3) is 0.375. The number of benzene rings is 1. The quantitative estimate of drug-likeness (QED) is 0.344. The number of ether oxygens (including phenoxy) is 1. The van der Waals surface area contributed by atoms with Gasteiger partial charge in [-0.05, 0) is 24.5 Å². The number of hydrogen-bond donors (Lipinski definition) is 0. The van der Waals surface area contributed by atoms with E-state index in [1.54, 1.807) is 18.2 Å². The standard InChI is InChI=1S/C16H17NO5/c1-9(2)7-12(15(19)20)17-8-11-14(18)10-5-3-4-6-13(10)22-16(11)21/h3-6,8-9,11-12H,7H2,1-2H3,(H,19,20)/p-1/t11?,12-/m1/s1. The third-order valence-corrected chi connectivity index (χ3v) is 3.28. The van der Waals surface area contributed by atoms with Gasteiger partial charge in [0.05, 0.1) is 17.6 Å². The number of fused-ring (bicyclic) bond motifs is 1. The molecule has 0 saturated carbocycles. The van der Waals surface area contributed by atoms with Crippen LogP contribution in [0.3, 0.4) is 0 Å². The van der Waals surface area contributed by atoms with E-state index in [0.717, 1.165) is 6.21 Å². The van der Waals surface area contributed by atoms with Crippen LogP contribution in [0.25, 0.3) is 0 Å². The van der Waals surface area contributed by atoms with Crippen LogP contribution >= 0.6 is 0 Å². The van der Waals surface area contributed by atoms with Crippen molar-refractivity contribution in [3.8, 4) is 5.75 Å². The second-order valence-electron chi connectivity index (χ2n) is 5.52. The minimum atomic E-state index is -1.33. The zero-order chi connectivity index (χ0) is 16.3. The Morgan fingerprint density at radius 3 is 2.68 bits per heavy atom. The lowest BCUT2D eigenvalue weighted by molar-refractivity contribution is -0.307. The maximum Gasteiger partial charge on any atom is 0.327 e. The smallest absolute Gasteiger partial charge is 0.327 e. The predicted molar refractivity (Wildman–Crippen MR) is 76.6 cm³/mol. The Bertz CT molecular complexity index is 635. The summed E-state index contributed by atoms with van der Waals surface area (Å²) < 4.78 is 5.07. The number of carboxylic acid groups (broad SMARTS) is 1. The zero-order valence-corrected chi connectivity index (χ0v) is 12.3. The highest BCUT2D eigenvalue weighted by Gasteiger charge is 2.35. The van der Waals surface area contributed by atoms with Gasteiger partial charge in [-0.15, -0.1) is 0 Å². The number of ketones is 1. The van der Waals surface area contributed by atoms with Crippen molar-refractivity contribution in [1.29, 1.82) is 0 Å². The molecule has 0 spiro atoms. The van der Waals surface area contributed by atoms with E-state index in [0.29, 0.717) is 0 Å². The lowest BCUT2D eigenvalue weighted by Crippen LogP contribution is -2.38. The molecule has 2 atom stereocenters. The molecule has 6 heteroatoms. The summed E-state index contributed by atoms with van der Waals surface area (Å²) in [6, 6.07) is 5.31. The molecule has 0 amide bonds. The molecule has 2 rings (SSSR count). The van der Waals surface area contributed by atoms with Gasteiger partial charge in [-0.2, -0.15) is 0 Å². The summed E-state index contributed by atoms with van der Waals surface area (Å²) in [6.45, 7) is 3.70. The summed E-state index contributed by atoms with van der Waals surface area (Å²) in [5.74, 6) is -3.45. The number of esters is 1. The van der Waals surface area contributed by atoms with E-state index in [1.807, 2.05) is 13.8 Å². The van der Waals surface area contributed by atoms with E-state index in [9.17, 15) is 19.5 Å². The number of carbonyl (C=O) groups is 3. The second kappa shape index (κ2) is 6.51. The third-order valence-electron chi connectivity index (χ3n) is 3.28. The molecule has 6 nitrogen and oxygen atoms in total. The van der Waals surface area contributed by atoms with Gasteiger partial charge in [0.15, 0.2) is 11.7 Å². The normalized spacial score (nSPS) is 19.1. The van der Waals surface area contributed by atoms with Crippen molar-refractivity contribution in [2.24, 2.45) is 16.8 Å². The lowest BCUT2D eigenvalue weighted by atomic mass is 9.95. The Hall–Kier alpha value is -2.50. The highest BCUT2D eigenvalue weighted by Crippen LogP contribution is 2.27. The first-order valence-electron chi connectivity index (χ1n) is 6.99. The molecule has 0 N–H and O–H groups in total. The van der Waals surface area contributed by atoms with E-state index in [-0.39, 0.29) is 23.7 Å². The Morgan fingerprint density at radius 2 is 2.05 bits per heavy atom. The van der Waals surface area contributed by atoms with E-state index in [1.165, 1.54) is 6.07 Å². The van der Waals surface area contributed by atoms with Crippen LogP contribution in [0.4, 0.5) is 0 Å². The van der Waals surface area contributed by atoms with E-state index < -0.39 is 29.7 Å². The highest BCUT2D eigenvalue weighted by atomic mass is 16.5. The average Bonchev–Trinajstić information content (AvgIpc) is 2.45. The molecule has 0 aromatic heterocycles. The fourth-order valence-electron chi connectivity index (χ4n) is 2.19. The molecule has 0 radical (unpaired) electrons. The first-order chi connectivity index (χ1) is 10.4. The molecule has 1 aliphatic heterocycles. The van der Waals surface area contributed by atoms with Crippen LogP contribution in [-0.4, -0.2) is 30.0 Å². The van der Waals surface area contributed by atoms with E-state index in [4.69, 9.17) is 4.74 Å². The number of carboxylic acids is 1. The summed E-state index contributed by atoms with van der Waals surface area (Å²) >= 11 is 0. The van der Waals surface area contributed by atoms with Crippen molar-refractivity contribution >= 4 is 23.9 Å². The van der Waals surface area contributed by atoms with Crippen molar-refractivity contribution in [1.82, 2.24) is 0 Å². The third kappa shape index (κ3) is 3.39. The monoisotopic (exact) mass is 302 g/mol. The maximum atomic E-state index is 12.3. The molecule has 116 valence electrons. The Morgan fingerprint density at radius 1 is 1.36 bits per heavy atom. The summed E-state index contributed by atoms with van der Waals surface area (Å²) in [7, 11) is 0. The maximum absolute atomic E-state index is 12.3. The molecule has 22 heavy (non-hydrogen) atoms. The number of aliphatic carboxylic acids is 1. The molecule has 1 aromatic rings. The van der Waals surface area contributed by atoms with Gasteiger partial charge in [0.25, 0.3) is 0 Å². The molecule has 0 saturated heterocycles. The molecule has 1 unspecified atom stereocenters. The number of rotatable bonds is 5. The van der Waals surface area contributed by atoms with E-state index >= 15 is 0 Å². The summed E-state index contributed by atoms with van der Waals surface area (Å²) in [6.07, 6.45) is 1.33. The highest BCUT2D eigenvalue weighted by molar-refractivity contribution is 6.22. The fourth-order valence-corrected chi connectivity index (χ4v) is 2.19. The number of para-hydroxylation sites is 1. The van der Waals surface area contributed by atoms with Gasteiger partial charge in [0, 0.05) is 6.21 Å². The van der Waals surface area contributed by atoms with Crippen LogP contribution < -0.4 is 9.84 Å². The van der Waals surface area contributed by atoms with Crippen molar-refractivity contribution in [3.05, 3.63) is 29.8 Å². The molecule has 1 heterocycles. The molecular weight excluding hydrogens is 286 g/mol. The second-order valence-corrected chi connectivity index (χ2v) is 5.52. The predicted octanol–water partition coefficient (Wildman–Crippen LogP) is 0.640. The van der Waals surface area contributed by atoms with Crippen LogP contribution in [0, 0.1) is 11.8 Å². The number of nitrogens with zero attached hydrogens (tertiary/aromatic N) is 1. The van der Waals surface area contributed by atoms with Crippen LogP contribution in [0.5, 0.6) is 5.75 Å². The van der Waals surface area contributed by atoms with Crippen LogP contribution in [0.1, 0.15) is 30.6 Å². The summed E-state index contributed by atoms with van der Waals surface area (Å²) in [5.41, 5.74) is 0.285. The van der Waals surface area contributed by atoms with Gasteiger partial charge in [-0.1, -0.05) is 26.0 Å². The number of hydrogen-bond acceptors (Lipinski definition) is 6. The molecule has 1 aromatic carbocycles. The summed E-state index contributed by atoms with van der Waals surface area (Å²) in [4.78, 5) is 39.0. The van der Waals surface area contributed by atoms with Gasteiger partial charge in [0.1, 0.15) is 5.75 Å². The minimum Gasteiger partial charge on any atom is -0.548 e. The topological polar surface area (TPSA) is 95.9 Å². The van der Waals surface area contributed by atoms with Gasteiger partial charge in [-0.3, -0.25) is 14.6 Å². The lowest BCUT2D eigenvalue weighted by Gasteiger charge is -2.20. The molecule has 0 aliphatic carbocycles. The summed E-state index contributed by atoms with van der Waals surface area (Å²) in [5, 5.41) is 11.0. The zero-order valence-electron chi connectivity index (χ0n) is 12.3. The van der Waals surface area contributed by atoms with E-state index in [2.05, 4.69) is 4.99 Å². The van der Waals surface area contributed by atoms with Gasteiger partial charge in [-0.25, -0.2) is 0 Å². The number of aliphatic imine (C=N–C) groups is 1.